The number of aliphatic hydroxyl groups excluding tert-OH is 1. The van der Waals surface area contributed by atoms with Crippen LogP contribution in [-0.2, 0) is 4.74 Å². The second-order valence-electron chi connectivity index (χ2n) is 13.3. The van der Waals surface area contributed by atoms with Crippen molar-refractivity contribution in [2.75, 3.05) is 20.3 Å². The molecule has 0 saturated carbocycles. The van der Waals surface area contributed by atoms with Crippen molar-refractivity contribution in [2.24, 2.45) is 0 Å². The Kier molecular flexibility index (Phi) is 7.90. The van der Waals surface area contributed by atoms with Crippen molar-refractivity contribution < 1.29 is 14.4 Å². The number of pyridine rings is 1. The van der Waals surface area contributed by atoms with Gasteiger partial charge in [-0.3, -0.25) is 0 Å². The van der Waals surface area contributed by atoms with Gasteiger partial charge in [0, 0.05) is 49.0 Å². The number of hydrogen-bond donors (Lipinski definition) is 1. The van der Waals surface area contributed by atoms with Gasteiger partial charge in [0.2, 0.25) is 5.69 Å². The normalized spacial score (nSPS) is 16.8. The van der Waals surface area contributed by atoms with E-state index in [1.54, 1.807) is 7.11 Å². The molecule has 6 rings (SSSR count). The quantitative estimate of drug-likeness (QED) is 0.144. The van der Waals surface area contributed by atoms with Crippen molar-refractivity contribution in [3.05, 3.63) is 83.6 Å². The number of hydrogen-bond acceptors (Lipinski definition) is 3. The fraction of sp³-hybridized carbons (Fsp3) is 0.378. The molecule has 3 nitrogen and oxygen atoms in total. The topological polar surface area (TPSA) is 33.3 Å². The Morgan fingerprint density at radius 2 is 1.67 bits per heavy atom. The summed E-state index contributed by atoms with van der Waals surface area (Å²) in [6.07, 6.45) is 3.93. The van der Waals surface area contributed by atoms with Gasteiger partial charge in [-0.15, -0.1) is 11.3 Å². The van der Waals surface area contributed by atoms with Gasteiger partial charge in [0.25, 0.3) is 0 Å². The van der Waals surface area contributed by atoms with Crippen LogP contribution in [0.5, 0.6) is 0 Å². The Bertz CT molecular complexity index is 1760. The third kappa shape index (κ3) is 4.85. The highest BCUT2D eigenvalue weighted by atomic mass is 32.1. The van der Waals surface area contributed by atoms with E-state index in [1.807, 2.05) is 11.3 Å². The first-order valence-electron chi connectivity index (χ1n) is 15.4. The molecule has 42 heavy (non-hydrogen) atoms. The van der Waals surface area contributed by atoms with Gasteiger partial charge < -0.3 is 9.84 Å². The van der Waals surface area contributed by atoms with Crippen molar-refractivity contribution in [2.45, 2.75) is 71.1 Å². The van der Waals surface area contributed by atoms with Crippen LogP contribution >= 0.6 is 11.3 Å². The third-order valence-electron chi connectivity index (χ3n) is 9.33. The number of aliphatic hydroxyl groups is 1. The molecule has 3 aromatic carbocycles. The van der Waals surface area contributed by atoms with Gasteiger partial charge in [-0.05, 0) is 58.4 Å². The highest BCUT2D eigenvalue weighted by Crippen LogP contribution is 2.50. The Labute approximate surface area is 255 Å². The summed E-state index contributed by atoms with van der Waals surface area (Å²) in [6.45, 7) is 15.0. The molecule has 1 N–H and O–H groups in total. The van der Waals surface area contributed by atoms with Crippen LogP contribution in [0.4, 0.5) is 0 Å². The van der Waals surface area contributed by atoms with E-state index >= 15 is 0 Å². The van der Waals surface area contributed by atoms with E-state index in [0.29, 0.717) is 18.9 Å². The number of benzene rings is 3. The van der Waals surface area contributed by atoms with Gasteiger partial charge in [0.1, 0.15) is 4.70 Å². The molecule has 5 aromatic rings. The van der Waals surface area contributed by atoms with E-state index in [2.05, 4.69) is 112 Å². The van der Waals surface area contributed by atoms with Crippen LogP contribution < -0.4 is 9.75 Å². The standard InChI is InChI=1S/C37H44NO2SSi/c1-23(2)31-22-32-34(29-11-9-8-10-28(29)31)30(18-21-40-4)33(17-20-39)38-19-16-27-24(3)36(41-37(27)35(32)38)25-12-14-26(15-13-25)42(5,6)7/h8-16,19,22-23,30,33,39H,17-18,20-21H2,1-7H3/q+1. The number of aromatic nitrogens is 1. The van der Waals surface area contributed by atoms with Crippen molar-refractivity contribution in [3.8, 4) is 21.7 Å². The van der Waals surface area contributed by atoms with E-state index in [-0.39, 0.29) is 18.6 Å². The lowest BCUT2D eigenvalue weighted by Gasteiger charge is -2.32. The second-order valence-corrected chi connectivity index (χ2v) is 19.4. The Morgan fingerprint density at radius 1 is 0.952 bits per heavy atom. The number of ether oxygens (including phenoxy) is 1. The maximum absolute atomic E-state index is 10.3. The maximum atomic E-state index is 10.3. The summed E-state index contributed by atoms with van der Waals surface area (Å²) in [5, 5.41) is 15.8. The van der Waals surface area contributed by atoms with Crippen LogP contribution in [0.15, 0.2) is 66.9 Å². The van der Waals surface area contributed by atoms with Gasteiger partial charge in [-0.2, -0.15) is 4.57 Å². The molecule has 0 amide bonds. The van der Waals surface area contributed by atoms with Crippen LogP contribution in [0.3, 0.4) is 0 Å². The summed E-state index contributed by atoms with van der Waals surface area (Å²) in [5.74, 6) is 0.661. The molecule has 0 saturated heterocycles. The minimum absolute atomic E-state index is 0.159. The third-order valence-corrected chi connectivity index (χ3v) is 12.8. The predicted molar refractivity (Wildman–Crippen MR) is 182 cm³/mol. The minimum atomic E-state index is -1.36. The Morgan fingerprint density at radius 3 is 2.31 bits per heavy atom. The van der Waals surface area contributed by atoms with Crippen molar-refractivity contribution in [1.29, 1.82) is 0 Å². The number of nitrogens with zero attached hydrogens (tertiary/aromatic N) is 1. The molecule has 1 aliphatic heterocycles. The van der Waals surface area contributed by atoms with Crippen LogP contribution in [0.2, 0.25) is 19.6 Å². The number of rotatable bonds is 8. The first-order valence-corrected chi connectivity index (χ1v) is 19.7. The first kappa shape index (κ1) is 29.2. The molecule has 0 bridgehead atoms. The zero-order valence-corrected chi connectivity index (χ0v) is 27.9. The smallest absolute Gasteiger partial charge is 0.231 e. The van der Waals surface area contributed by atoms with E-state index in [1.165, 1.54) is 64.4 Å². The predicted octanol–water partition coefficient (Wildman–Crippen LogP) is 8.71. The van der Waals surface area contributed by atoms with Gasteiger partial charge in [0.15, 0.2) is 12.2 Å². The van der Waals surface area contributed by atoms with E-state index < -0.39 is 8.07 Å². The monoisotopic (exact) mass is 594 g/mol. The molecule has 218 valence electrons. The van der Waals surface area contributed by atoms with Crippen molar-refractivity contribution in [3.63, 3.8) is 0 Å². The fourth-order valence-electron chi connectivity index (χ4n) is 7.12. The lowest BCUT2D eigenvalue weighted by Crippen LogP contribution is -2.48. The van der Waals surface area contributed by atoms with Crippen LogP contribution in [0.1, 0.15) is 61.3 Å². The highest BCUT2D eigenvalue weighted by molar-refractivity contribution is 7.23. The minimum Gasteiger partial charge on any atom is -0.396 e. The number of methoxy groups -OCH3 is 1. The van der Waals surface area contributed by atoms with Gasteiger partial charge in [-0.1, -0.05) is 87.2 Å². The number of fused-ring (bicyclic) bond motifs is 7. The molecule has 2 aromatic heterocycles. The molecule has 0 fully saturated rings. The SMILES string of the molecule is COCCC1c2c(cc(C(C)C)c3ccccc23)-c2c3sc(-c4ccc([Si](C)(C)C)cc4)c(C)c3cc[n+]2C1CCO. The lowest BCUT2D eigenvalue weighted by molar-refractivity contribution is -0.718. The molecule has 3 heterocycles. The number of thiophene rings is 1. The summed E-state index contributed by atoms with van der Waals surface area (Å²) < 4.78 is 9.49. The Balaban J connectivity index is 1.66. The van der Waals surface area contributed by atoms with Gasteiger partial charge in [0.05, 0.1) is 13.6 Å². The molecular weight excluding hydrogens is 551 g/mol. The fourth-order valence-corrected chi connectivity index (χ4v) is 9.65. The van der Waals surface area contributed by atoms with Crippen LogP contribution in [-0.4, -0.2) is 33.5 Å². The summed E-state index contributed by atoms with van der Waals surface area (Å²) in [5.41, 5.74) is 8.13. The van der Waals surface area contributed by atoms with Crippen LogP contribution in [0.25, 0.3) is 42.6 Å². The summed E-state index contributed by atoms with van der Waals surface area (Å²) >= 11 is 1.93. The van der Waals surface area contributed by atoms with Crippen molar-refractivity contribution >= 4 is 45.5 Å². The molecule has 5 heteroatoms. The zero-order valence-electron chi connectivity index (χ0n) is 26.1. The highest BCUT2D eigenvalue weighted by Gasteiger charge is 2.42. The lowest BCUT2D eigenvalue weighted by atomic mass is 9.75. The van der Waals surface area contributed by atoms with E-state index in [9.17, 15) is 5.11 Å². The summed E-state index contributed by atoms with van der Waals surface area (Å²) in [4.78, 5) is 1.35. The van der Waals surface area contributed by atoms with Crippen LogP contribution in [0, 0.1) is 6.92 Å². The first-order chi connectivity index (χ1) is 20.2. The van der Waals surface area contributed by atoms with E-state index in [0.717, 1.165) is 6.42 Å². The molecule has 0 radical (unpaired) electrons. The number of aryl methyl sites for hydroxylation is 1. The van der Waals surface area contributed by atoms with Gasteiger partial charge >= 0.3 is 0 Å². The molecule has 0 aliphatic carbocycles. The van der Waals surface area contributed by atoms with Gasteiger partial charge in [-0.25, -0.2) is 0 Å². The van der Waals surface area contributed by atoms with E-state index in [4.69, 9.17) is 4.74 Å². The van der Waals surface area contributed by atoms with Crippen molar-refractivity contribution in [1.82, 2.24) is 0 Å². The molecule has 1 aliphatic rings. The largest absolute Gasteiger partial charge is 0.396 e. The molecule has 2 atom stereocenters. The molecular formula is C37H44NO2SSi+. The maximum Gasteiger partial charge on any atom is 0.231 e. The molecule has 0 spiro atoms. The molecule has 2 unspecified atom stereocenters. The average Bonchev–Trinajstić information content (AvgIpc) is 3.31. The Hall–Kier alpha value is -2.83. The summed E-state index contributed by atoms with van der Waals surface area (Å²) in [6, 6.07) is 23.3. The average molecular weight is 595 g/mol. The second kappa shape index (κ2) is 11.3. The summed E-state index contributed by atoms with van der Waals surface area (Å²) in [7, 11) is 0.433. The zero-order chi connectivity index (χ0) is 29.8.